The van der Waals surface area contributed by atoms with Crippen molar-refractivity contribution in [1.82, 2.24) is 15.0 Å². The van der Waals surface area contributed by atoms with Gasteiger partial charge in [0.2, 0.25) is 5.91 Å². The fourth-order valence-corrected chi connectivity index (χ4v) is 3.05. The maximum atomic E-state index is 12.1. The van der Waals surface area contributed by atoms with Gasteiger partial charge in [-0.15, -0.1) is 0 Å². The van der Waals surface area contributed by atoms with E-state index >= 15 is 0 Å². The van der Waals surface area contributed by atoms with Gasteiger partial charge in [-0.2, -0.15) is 5.10 Å². The van der Waals surface area contributed by atoms with Crippen molar-refractivity contribution in [3.8, 4) is 5.75 Å². The highest BCUT2D eigenvalue weighted by atomic mass is 16.3. The Balaban J connectivity index is 1.42. The molecule has 1 aromatic heterocycles. The average molecular weight is 358 g/mol. The molecule has 0 spiro atoms. The summed E-state index contributed by atoms with van der Waals surface area (Å²) >= 11 is 0. The van der Waals surface area contributed by atoms with Crippen molar-refractivity contribution < 1.29 is 9.90 Å². The molecule has 1 amide bonds. The number of aromatic nitrogens is 2. The van der Waals surface area contributed by atoms with Gasteiger partial charge < -0.3 is 9.67 Å². The first-order chi connectivity index (χ1) is 13.2. The normalized spacial score (nSPS) is 11.4. The Labute approximate surface area is 155 Å². The number of hydrogen-bond acceptors (Lipinski definition) is 4. The lowest BCUT2D eigenvalue weighted by Gasteiger charge is -2.05. The predicted molar refractivity (Wildman–Crippen MR) is 106 cm³/mol. The summed E-state index contributed by atoms with van der Waals surface area (Å²) in [6, 6.07) is 18.9. The van der Waals surface area contributed by atoms with Crippen LogP contribution < -0.4 is 5.43 Å². The zero-order chi connectivity index (χ0) is 18.6. The van der Waals surface area contributed by atoms with E-state index in [4.69, 9.17) is 0 Å². The van der Waals surface area contributed by atoms with Gasteiger partial charge in [0, 0.05) is 18.5 Å². The second-order valence-corrected chi connectivity index (χ2v) is 6.19. The van der Waals surface area contributed by atoms with Gasteiger partial charge in [-0.05, 0) is 29.0 Å². The number of para-hydroxylation sites is 2. The summed E-state index contributed by atoms with van der Waals surface area (Å²) in [5.74, 6) is -0.0830. The minimum atomic E-state index is -0.205. The fraction of sp³-hybridized carbons (Fsp3) is 0.0952. The number of carbonyl (C=O) groups excluding carboxylic acids is 1. The van der Waals surface area contributed by atoms with Crippen molar-refractivity contribution in [2.75, 3.05) is 0 Å². The van der Waals surface area contributed by atoms with Crippen LogP contribution in [0.4, 0.5) is 0 Å². The third-order valence-electron chi connectivity index (χ3n) is 4.44. The van der Waals surface area contributed by atoms with Crippen LogP contribution in [0.5, 0.6) is 5.75 Å². The highest BCUT2D eigenvalue weighted by Gasteiger charge is 2.06. The molecule has 0 aliphatic carbocycles. The molecule has 0 radical (unpaired) electrons. The van der Waals surface area contributed by atoms with Crippen LogP contribution in [0, 0.1) is 0 Å². The lowest BCUT2D eigenvalue weighted by molar-refractivity contribution is -0.121. The summed E-state index contributed by atoms with van der Waals surface area (Å²) in [5, 5.41) is 16.0. The summed E-state index contributed by atoms with van der Waals surface area (Å²) in [4.78, 5) is 16.4. The average Bonchev–Trinajstić information content (AvgIpc) is 3.11. The lowest BCUT2D eigenvalue weighted by atomic mass is 10.0. The molecule has 0 atom stereocenters. The molecule has 4 rings (SSSR count). The maximum absolute atomic E-state index is 12.1. The van der Waals surface area contributed by atoms with Gasteiger partial charge in [0.25, 0.3) is 0 Å². The molecule has 0 bridgehead atoms. The molecular formula is C21H18N4O2. The highest BCUT2D eigenvalue weighted by Crippen LogP contribution is 2.25. The Bertz CT molecular complexity index is 1150. The molecule has 6 nitrogen and oxygen atoms in total. The molecule has 4 aromatic rings. The van der Waals surface area contributed by atoms with E-state index in [1.807, 2.05) is 59.2 Å². The predicted octanol–water partition coefficient (Wildman–Crippen LogP) is 3.44. The van der Waals surface area contributed by atoms with E-state index < -0.39 is 0 Å². The second kappa shape index (κ2) is 7.29. The Kier molecular flexibility index (Phi) is 4.53. The second-order valence-electron chi connectivity index (χ2n) is 6.19. The molecule has 0 fully saturated rings. The number of fused-ring (bicyclic) bond motifs is 2. The van der Waals surface area contributed by atoms with E-state index in [2.05, 4.69) is 15.5 Å². The number of amides is 1. The van der Waals surface area contributed by atoms with E-state index in [0.29, 0.717) is 12.1 Å². The minimum absolute atomic E-state index is 0.122. The van der Waals surface area contributed by atoms with Crippen LogP contribution in [0.2, 0.25) is 0 Å². The summed E-state index contributed by atoms with van der Waals surface area (Å²) < 4.78 is 1.94. The summed E-state index contributed by atoms with van der Waals surface area (Å²) in [6.07, 6.45) is 3.48. The third-order valence-corrected chi connectivity index (χ3v) is 4.44. The van der Waals surface area contributed by atoms with E-state index in [-0.39, 0.29) is 18.1 Å². The standard InChI is InChI=1S/C21H18N4O2/c26-20-10-9-15-5-1-2-6-16(15)17(20)13-23-24-21(27)11-12-25-14-22-18-7-3-4-8-19(18)25/h1-10,13-14,26H,11-12H2,(H,24,27)/b23-13+. The summed E-state index contributed by atoms with van der Waals surface area (Å²) in [5.41, 5.74) is 5.00. The molecule has 2 N–H and O–H groups in total. The van der Waals surface area contributed by atoms with E-state index in [1.165, 1.54) is 6.21 Å². The van der Waals surface area contributed by atoms with Gasteiger partial charge in [-0.1, -0.05) is 42.5 Å². The molecule has 3 aromatic carbocycles. The molecule has 0 saturated carbocycles. The summed E-state index contributed by atoms with van der Waals surface area (Å²) in [7, 11) is 0. The number of nitrogens with zero attached hydrogens (tertiary/aromatic N) is 3. The maximum Gasteiger partial charge on any atom is 0.241 e. The van der Waals surface area contributed by atoms with Crippen LogP contribution in [0.3, 0.4) is 0 Å². The quantitative estimate of drug-likeness (QED) is 0.424. The number of imidazole rings is 1. The first kappa shape index (κ1) is 16.8. The first-order valence-electron chi connectivity index (χ1n) is 8.65. The molecule has 27 heavy (non-hydrogen) atoms. The van der Waals surface area contributed by atoms with Gasteiger partial charge in [-0.3, -0.25) is 4.79 Å². The van der Waals surface area contributed by atoms with E-state index in [9.17, 15) is 9.90 Å². The largest absolute Gasteiger partial charge is 0.507 e. The zero-order valence-electron chi connectivity index (χ0n) is 14.5. The van der Waals surface area contributed by atoms with Gasteiger partial charge in [0.1, 0.15) is 5.75 Å². The first-order valence-corrected chi connectivity index (χ1v) is 8.65. The van der Waals surface area contributed by atoms with Gasteiger partial charge in [0.15, 0.2) is 0 Å². The zero-order valence-corrected chi connectivity index (χ0v) is 14.5. The Morgan fingerprint density at radius 3 is 2.85 bits per heavy atom. The molecule has 134 valence electrons. The van der Waals surface area contributed by atoms with Gasteiger partial charge >= 0.3 is 0 Å². The smallest absolute Gasteiger partial charge is 0.241 e. The van der Waals surface area contributed by atoms with Crippen LogP contribution in [-0.4, -0.2) is 26.8 Å². The van der Waals surface area contributed by atoms with Gasteiger partial charge in [0.05, 0.1) is 23.6 Å². The molecule has 0 saturated heterocycles. The lowest BCUT2D eigenvalue weighted by Crippen LogP contribution is -2.19. The van der Waals surface area contributed by atoms with Crippen LogP contribution in [-0.2, 0) is 11.3 Å². The van der Waals surface area contributed by atoms with Gasteiger partial charge in [-0.25, -0.2) is 10.4 Å². The van der Waals surface area contributed by atoms with Crippen molar-refractivity contribution in [2.24, 2.45) is 5.10 Å². The SMILES string of the molecule is O=C(CCn1cnc2ccccc21)N/N=C/c1c(O)ccc2ccccc12. The Morgan fingerprint density at radius 2 is 1.93 bits per heavy atom. The van der Waals surface area contributed by atoms with Crippen LogP contribution in [0.1, 0.15) is 12.0 Å². The van der Waals surface area contributed by atoms with Crippen molar-refractivity contribution in [3.63, 3.8) is 0 Å². The number of phenolic OH excluding ortho intramolecular Hbond substituents is 1. The number of carbonyl (C=O) groups is 1. The fourth-order valence-electron chi connectivity index (χ4n) is 3.05. The topological polar surface area (TPSA) is 79.5 Å². The molecular weight excluding hydrogens is 340 g/mol. The summed E-state index contributed by atoms with van der Waals surface area (Å²) in [6.45, 7) is 0.515. The minimum Gasteiger partial charge on any atom is -0.507 e. The third kappa shape index (κ3) is 3.50. The van der Waals surface area contributed by atoms with Crippen LogP contribution >= 0.6 is 0 Å². The van der Waals surface area contributed by atoms with Crippen LogP contribution in [0.15, 0.2) is 72.1 Å². The number of phenols is 1. The molecule has 6 heteroatoms. The van der Waals surface area contributed by atoms with Crippen molar-refractivity contribution in [2.45, 2.75) is 13.0 Å². The number of hydrogen-bond donors (Lipinski definition) is 2. The number of benzene rings is 3. The Hall–Kier alpha value is -3.67. The molecule has 0 aliphatic rings. The van der Waals surface area contributed by atoms with Crippen molar-refractivity contribution in [3.05, 3.63) is 72.6 Å². The van der Waals surface area contributed by atoms with Crippen molar-refractivity contribution >= 4 is 33.9 Å². The van der Waals surface area contributed by atoms with E-state index in [0.717, 1.165) is 21.8 Å². The number of hydrazone groups is 1. The highest BCUT2D eigenvalue weighted by molar-refractivity contribution is 6.02. The Morgan fingerprint density at radius 1 is 1.11 bits per heavy atom. The molecule has 0 unspecified atom stereocenters. The van der Waals surface area contributed by atoms with E-state index in [1.54, 1.807) is 12.4 Å². The number of nitrogens with one attached hydrogen (secondary N) is 1. The number of aromatic hydroxyl groups is 1. The molecule has 1 heterocycles. The van der Waals surface area contributed by atoms with Crippen LogP contribution in [0.25, 0.3) is 21.8 Å². The number of aryl methyl sites for hydroxylation is 1. The monoisotopic (exact) mass is 358 g/mol. The van der Waals surface area contributed by atoms with Crippen molar-refractivity contribution in [1.29, 1.82) is 0 Å². The molecule has 0 aliphatic heterocycles. The number of rotatable bonds is 5.